The van der Waals surface area contributed by atoms with Gasteiger partial charge in [-0.25, -0.2) is 4.72 Å². The Kier molecular flexibility index (Phi) is 6.14. The SMILES string of the molecule is CN1CCCN(S(=O)(=O)NCC[C@H](N)C(=O)O)CC1. The molecule has 4 N–H and O–H groups in total. The first-order valence-corrected chi connectivity index (χ1v) is 7.68. The number of nitrogens with zero attached hydrogens (tertiary/aromatic N) is 2. The number of hydrogen-bond donors (Lipinski definition) is 3. The third kappa shape index (κ3) is 5.41. The third-order valence-corrected chi connectivity index (χ3v) is 4.69. The van der Waals surface area contributed by atoms with E-state index in [2.05, 4.69) is 9.62 Å². The molecule has 1 rings (SSSR count). The maximum Gasteiger partial charge on any atom is 0.320 e. The van der Waals surface area contributed by atoms with Crippen LogP contribution in [0.4, 0.5) is 0 Å². The molecule has 0 bridgehead atoms. The molecule has 1 aliphatic rings. The van der Waals surface area contributed by atoms with Gasteiger partial charge < -0.3 is 15.7 Å². The van der Waals surface area contributed by atoms with Gasteiger partial charge >= 0.3 is 5.97 Å². The highest BCUT2D eigenvalue weighted by molar-refractivity contribution is 7.87. The van der Waals surface area contributed by atoms with Crippen LogP contribution >= 0.6 is 0 Å². The Morgan fingerprint density at radius 2 is 2.05 bits per heavy atom. The molecule has 0 amide bonds. The lowest BCUT2D eigenvalue weighted by atomic mass is 10.2. The molecular weight excluding hydrogens is 272 g/mol. The van der Waals surface area contributed by atoms with Crippen LogP contribution in [0.1, 0.15) is 12.8 Å². The van der Waals surface area contributed by atoms with Crippen molar-refractivity contribution >= 4 is 16.2 Å². The number of nitrogens with two attached hydrogens (primary N) is 1. The predicted octanol–water partition coefficient (Wildman–Crippen LogP) is -1.74. The van der Waals surface area contributed by atoms with Crippen LogP contribution < -0.4 is 10.5 Å². The zero-order chi connectivity index (χ0) is 14.5. The van der Waals surface area contributed by atoms with Crippen LogP contribution in [0.2, 0.25) is 0 Å². The summed E-state index contributed by atoms with van der Waals surface area (Å²) in [4.78, 5) is 12.6. The van der Waals surface area contributed by atoms with Gasteiger partial charge in [0.2, 0.25) is 0 Å². The highest BCUT2D eigenvalue weighted by Crippen LogP contribution is 2.05. The Bertz CT molecular complexity index is 400. The van der Waals surface area contributed by atoms with Crippen LogP contribution in [-0.4, -0.2) is 74.5 Å². The average molecular weight is 294 g/mol. The molecule has 0 saturated carbocycles. The van der Waals surface area contributed by atoms with E-state index in [4.69, 9.17) is 10.8 Å². The maximum atomic E-state index is 12.0. The van der Waals surface area contributed by atoms with Gasteiger partial charge in [-0.2, -0.15) is 12.7 Å². The Morgan fingerprint density at radius 1 is 1.37 bits per heavy atom. The van der Waals surface area contributed by atoms with Crippen LogP contribution in [0.3, 0.4) is 0 Å². The zero-order valence-corrected chi connectivity index (χ0v) is 11.9. The van der Waals surface area contributed by atoms with Crippen LogP contribution in [0.15, 0.2) is 0 Å². The Balaban J connectivity index is 2.44. The smallest absolute Gasteiger partial charge is 0.320 e. The van der Waals surface area contributed by atoms with Gasteiger partial charge in [0.25, 0.3) is 10.2 Å². The first-order valence-electron chi connectivity index (χ1n) is 6.24. The van der Waals surface area contributed by atoms with Gasteiger partial charge in [-0.3, -0.25) is 4.79 Å². The fourth-order valence-corrected chi connectivity index (χ4v) is 3.07. The summed E-state index contributed by atoms with van der Waals surface area (Å²) < 4.78 is 27.8. The molecule has 1 aliphatic heterocycles. The van der Waals surface area contributed by atoms with Crippen LogP contribution in [0, 0.1) is 0 Å². The second-order valence-corrected chi connectivity index (χ2v) is 6.44. The van der Waals surface area contributed by atoms with Crippen molar-refractivity contribution in [1.29, 1.82) is 0 Å². The largest absolute Gasteiger partial charge is 0.480 e. The minimum Gasteiger partial charge on any atom is -0.480 e. The topological polar surface area (TPSA) is 116 Å². The third-order valence-electron chi connectivity index (χ3n) is 3.08. The maximum absolute atomic E-state index is 12.0. The second-order valence-electron chi connectivity index (χ2n) is 4.69. The molecule has 0 spiro atoms. The number of rotatable bonds is 6. The molecule has 112 valence electrons. The number of carbonyl (C=O) groups is 1. The fraction of sp³-hybridized carbons (Fsp3) is 0.900. The minimum atomic E-state index is -3.54. The van der Waals surface area contributed by atoms with Crippen LogP contribution in [0.25, 0.3) is 0 Å². The van der Waals surface area contributed by atoms with Gasteiger partial charge in [-0.05, 0) is 26.4 Å². The highest BCUT2D eigenvalue weighted by atomic mass is 32.2. The molecule has 1 heterocycles. The molecule has 0 aromatic rings. The summed E-state index contributed by atoms with van der Waals surface area (Å²) >= 11 is 0. The minimum absolute atomic E-state index is 0.0299. The van der Waals surface area contributed by atoms with E-state index in [1.54, 1.807) is 0 Å². The van der Waals surface area contributed by atoms with Crippen molar-refractivity contribution in [3.05, 3.63) is 0 Å². The molecular formula is C10H22N4O4S. The second kappa shape index (κ2) is 7.15. The van der Waals surface area contributed by atoms with Crippen molar-refractivity contribution in [2.45, 2.75) is 18.9 Å². The monoisotopic (exact) mass is 294 g/mol. The number of carboxylic acid groups (broad SMARTS) is 1. The van der Waals surface area contributed by atoms with Gasteiger partial charge in [0, 0.05) is 26.2 Å². The van der Waals surface area contributed by atoms with Gasteiger partial charge in [-0.1, -0.05) is 0 Å². The molecule has 0 aliphatic carbocycles. The van der Waals surface area contributed by atoms with E-state index >= 15 is 0 Å². The Hall–Kier alpha value is -0.740. The normalized spacial score (nSPS) is 20.9. The number of aliphatic carboxylic acids is 1. The fourth-order valence-electron chi connectivity index (χ4n) is 1.82. The zero-order valence-electron chi connectivity index (χ0n) is 11.1. The van der Waals surface area contributed by atoms with Gasteiger partial charge in [0.05, 0.1) is 0 Å². The van der Waals surface area contributed by atoms with Crippen molar-refractivity contribution < 1.29 is 18.3 Å². The summed E-state index contributed by atoms with van der Waals surface area (Å²) in [7, 11) is -1.59. The molecule has 9 heteroatoms. The number of likely N-dealkylation sites (N-methyl/N-ethyl adjacent to an activating group) is 1. The van der Waals surface area contributed by atoms with Crippen LogP contribution in [0.5, 0.6) is 0 Å². The average Bonchev–Trinajstić information content (AvgIpc) is 2.53. The van der Waals surface area contributed by atoms with E-state index in [-0.39, 0.29) is 13.0 Å². The molecule has 0 radical (unpaired) electrons. The molecule has 8 nitrogen and oxygen atoms in total. The van der Waals surface area contributed by atoms with E-state index in [0.29, 0.717) is 19.6 Å². The molecule has 1 saturated heterocycles. The first-order chi connectivity index (χ1) is 8.83. The van der Waals surface area contributed by atoms with Crippen molar-refractivity contribution in [3.8, 4) is 0 Å². The standard InChI is InChI=1S/C10H22N4O4S/c1-13-5-2-6-14(8-7-13)19(17,18)12-4-3-9(11)10(15)16/h9,12H,2-8,11H2,1H3,(H,15,16)/t9-/m0/s1. The van der Waals surface area contributed by atoms with E-state index < -0.39 is 22.2 Å². The quantitative estimate of drug-likeness (QED) is 0.535. The Labute approximate surface area is 113 Å². The van der Waals surface area contributed by atoms with E-state index in [1.807, 2.05) is 7.05 Å². The van der Waals surface area contributed by atoms with Crippen molar-refractivity contribution in [2.24, 2.45) is 5.73 Å². The van der Waals surface area contributed by atoms with Crippen molar-refractivity contribution in [3.63, 3.8) is 0 Å². The van der Waals surface area contributed by atoms with Crippen molar-refractivity contribution in [1.82, 2.24) is 13.9 Å². The molecule has 0 aromatic carbocycles. The molecule has 0 unspecified atom stereocenters. The lowest BCUT2D eigenvalue weighted by Gasteiger charge is -2.20. The van der Waals surface area contributed by atoms with Gasteiger partial charge in [0.15, 0.2) is 0 Å². The number of carboxylic acids is 1. The van der Waals surface area contributed by atoms with Crippen molar-refractivity contribution in [2.75, 3.05) is 39.8 Å². The van der Waals surface area contributed by atoms with Gasteiger partial charge in [-0.15, -0.1) is 0 Å². The van der Waals surface area contributed by atoms with Crippen LogP contribution in [-0.2, 0) is 15.0 Å². The first kappa shape index (κ1) is 16.3. The van der Waals surface area contributed by atoms with E-state index in [9.17, 15) is 13.2 Å². The van der Waals surface area contributed by atoms with E-state index in [1.165, 1.54) is 4.31 Å². The summed E-state index contributed by atoms with van der Waals surface area (Å²) in [6.07, 6.45) is 0.856. The summed E-state index contributed by atoms with van der Waals surface area (Å²) in [5, 5.41) is 8.61. The lowest BCUT2D eigenvalue weighted by molar-refractivity contribution is -0.138. The highest BCUT2D eigenvalue weighted by Gasteiger charge is 2.24. The molecule has 0 aromatic heterocycles. The summed E-state index contributed by atoms with van der Waals surface area (Å²) in [6, 6.07) is -1.04. The summed E-state index contributed by atoms with van der Waals surface area (Å²) in [5.41, 5.74) is 5.31. The van der Waals surface area contributed by atoms with Gasteiger partial charge in [0.1, 0.15) is 6.04 Å². The Morgan fingerprint density at radius 3 is 2.68 bits per heavy atom. The molecule has 19 heavy (non-hydrogen) atoms. The molecule has 1 fully saturated rings. The van der Waals surface area contributed by atoms with E-state index in [0.717, 1.165) is 13.0 Å². The molecule has 1 atom stereocenters. The summed E-state index contributed by atoms with van der Waals surface area (Å²) in [6.45, 7) is 2.51. The predicted molar refractivity (Wildman–Crippen MR) is 70.8 cm³/mol. The number of hydrogen-bond acceptors (Lipinski definition) is 5. The number of nitrogens with one attached hydrogen (secondary N) is 1. The lowest BCUT2D eigenvalue weighted by Crippen LogP contribution is -2.44. The summed E-state index contributed by atoms with van der Waals surface area (Å²) in [5.74, 6) is -1.13.